The lowest BCUT2D eigenvalue weighted by atomic mass is 10.1. The Hall–Kier alpha value is -2.85. The fraction of sp³-hybridized carbons (Fsp3) is 0.238. The maximum Gasteiger partial charge on any atom is 0.251 e. The minimum Gasteiger partial charge on any atom is -0.497 e. The van der Waals surface area contributed by atoms with Crippen LogP contribution in [0.25, 0.3) is 0 Å². The molecule has 0 atom stereocenters. The summed E-state index contributed by atoms with van der Waals surface area (Å²) in [7, 11) is 1.57. The van der Waals surface area contributed by atoms with E-state index in [9.17, 15) is 9.59 Å². The molecule has 0 saturated carbocycles. The Morgan fingerprint density at radius 3 is 2.58 bits per heavy atom. The summed E-state index contributed by atoms with van der Waals surface area (Å²) >= 11 is 4.70. The Morgan fingerprint density at radius 2 is 1.87 bits per heavy atom. The Labute approximate surface area is 192 Å². The van der Waals surface area contributed by atoms with E-state index >= 15 is 0 Å². The van der Waals surface area contributed by atoms with Crippen molar-refractivity contribution >= 4 is 45.2 Å². The van der Waals surface area contributed by atoms with Crippen LogP contribution in [0.1, 0.15) is 27.3 Å². The summed E-state index contributed by atoms with van der Waals surface area (Å²) in [6.45, 7) is 4.15. The first kappa shape index (κ1) is 22.8. The minimum absolute atomic E-state index is 0.144. The standard InChI is InChI=1S/C21H22BrN5O3S/c1-12-13(2)17(9-8-16(12)22)24-19(28)11-31-21-25-18(26-27-21)10-23-20(29)14-4-6-15(30-3)7-5-14/h4-9H,10-11H2,1-3H3,(H,23,29)(H,24,28)(H,25,26,27). The van der Waals surface area contributed by atoms with Crippen LogP contribution < -0.4 is 15.4 Å². The topological polar surface area (TPSA) is 109 Å². The zero-order valence-electron chi connectivity index (χ0n) is 17.3. The highest BCUT2D eigenvalue weighted by molar-refractivity contribution is 9.10. The molecule has 0 fully saturated rings. The van der Waals surface area contributed by atoms with Gasteiger partial charge in [-0.05, 0) is 61.4 Å². The number of thioether (sulfide) groups is 1. The average Bonchev–Trinajstić information content (AvgIpc) is 3.24. The molecule has 2 aromatic carbocycles. The molecule has 0 saturated heterocycles. The molecule has 0 aliphatic heterocycles. The van der Waals surface area contributed by atoms with Gasteiger partial charge in [-0.1, -0.05) is 27.7 Å². The quantitative estimate of drug-likeness (QED) is 0.402. The van der Waals surface area contributed by atoms with Crippen LogP contribution >= 0.6 is 27.7 Å². The van der Waals surface area contributed by atoms with Crippen LogP contribution in [0.2, 0.25) is 0 Å². The molecule has 0 spiro atoms. The monoisotopic (exact) mass is 503 g/mol. The van der Waals surface area contributed by atoms with Crippen molar-refractivity contribution in [3.05, 3.63) is 63.4 Å². The highest BCUT2D eigenvalue weighted by atomic mass is 79.9. The van der Waals surface area contributed by atoms with E-state index in [1.807, 2.05) is 26.0 Å². The van der Waals surface area contributed by atoms with Gasteiger partial charge >= 0.3 is 0 Å². The first-order chi connectivity index (χ1) is 14.9. The minimum atomic E-state index is -0.229. The summed E-state index contributed by atoms with van der Waals surface area (Å²) in [4.78, 5) is 28.8. The number of hydrogen-bond acceptors (Lipinski definition) is 6. The maximum atomic E-state index is 12.3. The van der Waals surface area contributed by atoms with Gasteiger partial charge in [-0.15, -0.1) is 5.10 Å². The number of carbonyl (C=O) groups is 2. The zero-order valence-corrected chi connectivity index (χ0v) is 19.7. The number of anilines is 1. The second-order valence-electron chi connectivity index (χ2n) is 6.66. The second kappa shape index (κ2) is 10.5. The number of methoxy groups -OCH3 is 1. The van der Waals surface area contributed by atoms with E-state index in [1.165, 1.54) is 11.8 Å². The summed E-state index contributed by atoms with van der Waals surface area (Å²) in [6, 6.07) is 10.6. The van der Waals surface area contributed by atoms with E-state index in [1.54, 1.807) is 31.4 Å². The molecule has 0 unspecified atom stereocenters. The molecule has 31 heavy (non-hydrogen) atoms. The van der Waals surface area contributed by atoms with Crippen molar-refractivity contribution in [3.63, 3.8) is 0 Å². The number of rotatable bonds is 8. The fourth-order valence-electron chi connectivity index (χ4n) is 2.67. The highest BCUT2D eigenvalue weighted by Gasteiger charge is 2.12. The third-order valence-electron chi connectivity index (χ3n) is 4.61. The van der Waals surface area contributed by atoms with Gasteiger partial charge in [0.2, 0.25) is 11.1 Å². The lowest BCUT2D eigenvalue weighted by Gasteiger charge is -2.11. The zero-order chi connectivity index (χ0) is 22.4. The first-order valence-corrected chi connectivity index (χ1v) is 11.2. The largest absolute Gasteiger partial charge is 0.497 e. The third kappa shape index (κ3) is 6.08. The van der Waals surface area contributed by atoms with Crippen LogP contribution in [-0.4, -0.2) is 39.9 Å². The predicted molar refractivity (Wildman–Crippen MR) is 124 cm³/mol. The van der Waals surface area contributed by atoms with E-state index in [2.05, 4.69) is 41.7 Å². The SMILES string of the molecule is COc1ccc(C(=O)NCc2nc(SCC(=O)Nc3ccc(Br)c(C)c3C)n[nH]2)cc1. The number of amides is 2. The van der Waals surface area contributed by atoms with Crippen molar-refractivity contribution in [1.82, 2.24) is 20.5 Å². The van der Waals surface area contributed by atoms with Crippen LogP contribution in [0.4, 0.5) is 5.69 Å². The average molecular weight is 504 g/mol. The van der Waals surface area contributed by atoms with Gasteiger partial charge < -0.3 is 15.4 Å². The Bertz CT molecular complexity index is 1090. The number of nitrogens with one attached hydrogen (secondary N) is 3. The molecule has 3 N–H and O–H groups in total. The predicted octanol–water partition coefficient (Wildman–Crippen LogP) is 3.85. The molecule has 0 bridgehead atoms. The molecule has 3 rings (SSSR count). The van der Waals surface area contributed by atoms with E-state index < -0.39 is 0 Å². The number of carbonyl (C=O) groups excluding carboxylic acids is 2. The molecule has 162 valence electrons. The molecule has 1 heterocycles. The second-order valence-corrected chi connectivity index (χ2v) is 8.45. The van der Waals surface area contributed by atoms with Crippen LogP contribution in [0.5, 0.6) is 5.75 Å². The van der Waals surface area contributed by atoms with E-state index in [0.717, 1.165) is 21.3 Å². The summed E-state index contributed by atoms with van der Waals surface area (Å²) < 4.78 is 6.09. The summed E-state index contributed by atoms with van der Waals surface area (Å²) in [5, 5.41) is 13.0. The number of nitrogens with zero attached hydrogens (tertiary/aromatic N) is 2. The Morgan fingerprint density at radius 1 is 1.13 bits per heavy atom. The number of hydrogen-bond donors (Lipinski definition) is 3. The summed E-state index contributed by atoms with van der Waals surface area (Å²) in [5.74, 6) is 0.984. The van der Waals surface area contributed by atoms with E-state index in [-0.39, 0.29) is 24.1 Å². The summed E-state index contributed by atoms with van der Waals surface area (Å²) in [6.07, 6.45) is 0. The van der Waals surface area contributed by atoms with Gasteiger partial charge in [0.25, 0.3) is 5.91 Å². The van der Waals surface area contributed by atoms with Gasteiger partial charge in [0.1, 0.15) is 11.6 Å². The molecule has 0 aliphatic carbocycles. The van der Waals surface area contributed by atoms with Crippen molar-refractivity contribution in [2.24, 2.45) is 0 Å². The van der Waals surface area contributed by atoms with Crippen LogP contribution in [0.3, 0.4) is 0 Å². The summed E-state index contributed by atoms with van der Waals surface area (Å²) in [5.41, 5.74) is 3.40. The number of aromatic amines is 1. The fourth-order valence-corrected chi connectivity index (χ4v) is 3.72. The maximum absolute atomic E-state index is 12.3. The van der Waals surface area contributed by atoms with Gasteiger partial charge in [0.05, 0.1) is 19.4 Å². The Balaban J connectivity index is 1.48. The van der Waals surface area contributed by atoms with Crippen LogP contribution in [-0.2, 0) is 11.3 Å². The Kier molecular flexibility index (Phi) is 7.69. The number of benzene rings is 2. The molecular formula is C21H22BrN5O3S. The molecule has 0 aliphatic rings. The van der Waals surface area contributed by atoms with Crippen molar-refractivity contribution in [2.75, 3.05) is 18.2 Å². The van der Waals surface area contributed by atoms with Crippen molar-refractivity contribution in [2.45, 2.75) is 25.5 Å². The number of aromatic nitrogens is 3. The van der Waals surface area contributed by atoms with E-state index in [4.69, 9.17) is 4.74 Å². The third-order valence-corrected chi connectivity index (χ3v) is 6.31. The van der Waals surface area contributed by atoms with Gasteiger partial charge in [-0.3, -0.25) is 14.7 Å². The number of ether oxygens (including phenoxy) is 1. The lowest BCUT2D eigenvalue weighted by molar-refractivity contribution is -0.113. The molecule has 0 radical (unpaired) electrons. The van der Waals surface area contributed by atoms with Gasteiger partial charge in [-0.2, -0.15) is 0 Å². The first-order valence-electron chi connectivity index (χ1n) is 9.39. The normalized spacial score (nSPS) is 10.6. The number of halogens is 1. The molecular weight excluding hydrogens is 482 g/mol. The molecule has 1 aromatic heterocycles. The van der Waals surface area contributed by atoms with Gasteiger partial charge in [0.15, 0.2) is 0 Å². The molecule has 8 nitrogen and oxygen atoms in total. The molecule has 2 amide bonds. The lowest BCUT2D eigenvalue weighted by Crippen LogP contribution is -2.23. The van der Waals surface area contributed by atoms with Crippen LogP contribution in [0.15, 0.2) is 46.0 Å². The van der Waals surface area contributed by atoms with Gasteiger partial charge in [-0.25, -0.2) is 4.98 Å². The van der Waals surface area contributed by atoms with E-state index in [0.29, 0.717) is 22.3 Å². The van der Waals surface area contributed by atoms with Crippen molar-refractivity contribution < 1.29 is 14.3 Å². The van der Waals surface area contributed by atoms with Crippen LogP contribution in [0, 0.1) is 13.8 Å². The molecule has 10 heteroatoms. The highest BCUT2D eigenvalue weighted by Crippen LogP contribution is 2.26. The van der Waals surface area contributed by atoms with Crippen molar-refractivity contribution in [1.29, 1.82) is 0 Å². The number of H-pyrrole nitrogens is 1. The van der Waals surface area contributed by atoms with Crippen molar-refractivity contribution in [3.8, 4) is 5.75 Å². The van der Waals surface area contributed by atoms with Gasteiger partial charge in [0, 0.05) is 15.7 Å². The smallest absolute Gasteiger partial charge is 0.251 e. The molecule has 3 aromatic rings.